The maximum absolute atomic E-state index is 5.64. The van der Waals surface area contributed by atoms with Gasteiger partial charge in [0.1, 0.15) is 5.75 Å². The van der Waals surface area contributed by atoms with Gasteiger partial charge in [-0.05, 0) is 23.6 Å². The molecule has 0 amide bonds. The van der Waals surface area contributed by atoms with Crippen molar-refractivity contribution >= 4 is 0 Å². The fraction of sp³-hybridized carbons (Fsp3) is 0.538. The van der Waals surface area contributed by atoms with E-state index in [0.29, 0.717) is 0 Å². The molecule has 0 aliphatic carbocycles. The molecule has 0 saturated carbocycles. The van der Waals surface area contributed by atoms with Crippen LogP contribution in [0.15, 0.2) is 18.2 Å². The Bertz CT molecular complexity index is 378. The van der Waals surface area contributed by atoms with E-state index in [9.17, 15) is 0 Å². The molecule has 17 heavy (non-hydrogen) atoms. The third-order valence-electron chi connectivity index (χ3n) is 3.33. The second-order valence-corrected chi connectivity index (χ2v) is 4.29. The molecule has 3 N–H and O–H groups in total. The van der Waals surface area contributed by atoms with Gasteiger partial charge in [0.2, 0.25) is 0 Å². The summed E-state index contributed by atoms with van der Waals surface area (Å²) in [6.07, 6.45) is 1.98. The van der Waals surface area contributed by atoms with Gasteiger partial charge in [-0.3, -0.25) is 11.3 Å². The normalized spacial score (nSPS) is 17.4. The van der Waals surface area contributed by atoms with Crippen molar-refractivity contribution in [3.05, 3.63) is 29.3 Å². The van der Waals surface area contributed by atoms with Gasteiger partial charge in [0.05, 0.1) is 18.8 Å². The Labute approximate surface area is 102 Å². The maximum atomic E-state index is 5.64. The number of nitrogens with one attached hydrogen (secondary N) is 1. The maximum Gasteiger partial charge on any atom is 0.122 e. The summed E-state index contributed by atoms with van der Waals surface area (Å²) in [4.78, 5) is 0. The summed E-state index contributed by atoms with van der Waals surface area (Å²) in [5.41, 5.74) is 5.26. The van der Waals surface area contributed by atoms with E-state index in [4.69, 9.17) is 15.3 Å². The van der Waals surface area contributed by atoms with E-state index < -0.39 is 0 Å². The third kappa shape index (κ3) is 2.44. The molecule has 0 fully saturated rings. The second-order valence-electron chi connectivity index (χ2n) is 4.29. The number of methoxy groups -OCH3 is 1. The van der Waals surface area contributed by atoms with Crippen LogP contribution in [0.4, 0.5) is 0 Å². The smallest absolute Gasteiger partial charge is 0.122 e. The van der Waals surface area contributed by atoms with Crippen LogP contribution < -0.4 is 16.0 Å². The first-order valence-electron chi connectivity index (χ1n) is 6.04. The number of rotatable bonds is 5. The molecular formula is C13H20N2O2. The number of nitrogens with two attached hydrogens (primary N) is 1. The quantitative estimate of drug-likeness (QED) is 0.601. The minimum Gasteiger partial charge on any atom is -0.493 e. The van der Waals surface area contributed by atoms with E-state index in [-0.39, 0.29) is 12.1 Å². The number of fused-ring (bicyclic) bond motifs is 1. The largest absolute Gasteiger partial charge is 0.493 e. The SMILES string of the molecule is CCC(OC)C(NN)c1ccc2c(c1)CCO2. The summed E-state index contributed by atoms with van der Waals surface area (Å²) >= 11 is 0. The van der Waals surface area contributed by atoms with E-state index in [1.165, 1.54) is 5.56 Å². The summed E-state index contributed by atoms with van der Waals surface area (Å²) in [5, 5.41) is 0. The van der Waals surface area contributed by atoms with Crippen LogP contribution in [-0.2, 0) is 11.2 Å². The number of hydrogen-bond acceptors (Lipinski definition) is 4. The van der Waals surface area contributed by atoms with Gasteiger partial charge in [0.15, 0.2) is 0 Å². The second kappa shape index (κ2) is 5.49. The molecule has 4 nitrogen and oxygen atoms in total. The molecular weight excluding hydrogens is 216 g/mol. The molecule has 1 aromatic rings. The highest BCUT2D eigenvalue weighted by Gasteiger charge is 2.22. The predicted octanol–water partition coefficient (Wildman–Crippen LogP) is 1.55. The van der Waals surface area contributed by atoms with Crippen LogP contribution in [0.5, 0.6) is 5.75 Å². The summed E-state index contributed by atoms with van der Waals surface area (Å²) in [6, 6.07) is 6.26. The highest BCUT2D eigenvalue weighted by molar-refractivity contribution is 5.41. The van der Waals surface area contributed by atoms with Crippen LogP contribution in [0, 0.1) is 0 Å². The average Bonchev–Trinajstić information content (AvgIpc) is 2.82. The Balaban J connectivity index is 2.25. The van der Waals surface area contributed by atoms with Crippen molar-refractivity contribution in [3.63, 3.8) is 0 Å². The van der Waals surface area contributed by atoms with E-state index in [1.807, 2.05) is 6.07 Å². The molecule has 0 bridgehead atoms. The van der Waals surface area contributed by atoms with Crippen LogP contribution in [0.25, 0.3) is 0 Å². The first-order chi connectivity index (χ1) is 8.30. The molecule has 2 unspecified atom stereocenters. The fourth-order valence-corrected chi connectivity index (χ4v) is 2.36. The minimum atomic E-state index is 0.0240. The van der Waals surface area contributed by atoms with Crippen LogP contribution in [0.3, 0.4) is 0 Å². The van der Waals surface area contributed by atoms with Gasteiger partial charge in [-0.1, -0.05) is 19.1 Å². The number of hydrazine groups is 1. The zero-order valence-electron chi connectivity index (χ0n) is 10.4. The first kappa shape index (κ1) is 12.4. The predicted molar refractivity (Wildman–Crippen MR) is 66.8 cm³/mol. The van der Waals surface area contributed by atoms with E-state index in [1.54, 1.807) is 7.11 Å². The van der Waals surface area contributed by atoms with Gasteiger partial charge in [-0.25, -0.2) is 0 Å². The Hall–Kier alpha value is -1.10. The minimum absolute atomic E-state index is 0.0240. The zero-order valence-corrected chi connectivity index (χ0v) is 10.4. The van der Waals surface area contributed by atoms with Crippen LogP contribution in [0.1, 0.15) is 30.5 Å². The molecule has 1 aliphatic rings. The van der Waals surface area contributed by atoms with Crippen molar-refractivity contribution in [1.29, 1.82) is 0 Å². The molecule has 2 atom stereocenters. The standard InChI is InChI=1S/C13H20N2O2/c1-3-11(16-2)13(15-14)10-4-5-12-9(8-10)6-7-17-12/h4-5,8,11,13,15H,3,6-7,14H2,1-2H3. The molecule has 1 aromatic carbocycles. The Morgan fingerprint density at radius 3 is 3.00 bits per heavy atom. The van der Waals surface area contributed by atoms with Gasteiger partial charge >= 0.3 is 0 Å². The molecule has 1 aliphatic heterocycles. The van der Waals surface area contributed by atoms with Crippen molar-refractivity contribution < 1.29 is 9.47 Å². The lowest BCUT2D eigenvalue weighted by Gasteiger charge is -2.25. The topological polar surface area (TPSA) is 56.5 Å². The first-order valence-corrected chi connectivity index (χ1v) is 6.04. The molecule has 0 aromatic heterocycles. The molecule has 0 spiro atoms. The Kier molecular flexibility index (Phi) is 3.99. The van der Waals surface area contributed by atoms with Gasteiger partial charge in [-0.2, -0.15) is 0 Å². The third-order valence-corrected chi connectivity index (χ3v) is 3.33. The summed E-state index contributed by atoms with van der Waals surface area (Å²) in [5.74, 6) is 6.64. The van der Waals surface area contributed by atoms with Gasteiger partial charge < -0.3 is 9.47 Å². The van der Waals surface area contributed by atoms with Gasteiger partial charge in [-0.15, -0.1) is 0 Å². The highest BCUT2D eigenvalue weighted by atomic mass is 16.5. The van der Waals surface area contributed by atoms with Crippen LogP contribution in [-0.4, -0.2) is 19.8 Å². The number of benzene rings is 1. The molecule has 2 rings (SSSR count). The average molecular weight is 236 g/mol. The van der Waals surface area contributed by atoms with Crippen molar-refractivity contribution in [3.8, 4) is 5.75 Å². The monoisotopic (exact) mass is 236 g/mol. The molecule has 4 heteroatoms. The lowest BCUT2D eigenvalue weighted by Crippen LogP contribution is -2.37. The summed E-state index contributed by atoms with van der Waals surface area (Å²) in [7, 11) is 1.72. The van der Waals surface area contributed by atoms with Crippen LogP contribution >= 0.6 is 0 Å². The zero-order chi connectivity index (χ0) is 12.3. The van der Waals surface area contributed by atoms with Crippen molar-refractivity contribution in [1.82, 2.24) is 5.43 Å². The molecule has 1 heterocycles. The van der Waals surface area contributed by atoms with Gasteiger partial charge in [0.25, 0.3) is 0 Å². The Morgan fingerprint density at radius 1 is 1.53 bits per heavy atom. The molecule has 0 saturated heterocycles. The molecule has 94 valence electrons. The number of hydrogen-bond donors (Lipinski definition) is 2. The van der Waals surface area contributed by atoms with E-state index in [0.717, 1.165) is 30.8 Å². The molecule has 0 radical (unpaired) electrons. The van der Waals surface area contributed by atoms with Crippen molar-refractivity contribution in [2.75, 3.05) is 13.7 Å². The number of ether oxygens (including phenoxy) is 2. The highest BCUT2D eigenvalue weighted by Crippen LogP contribution is 2.29. The van der Waals surface area contributed by atoms with E-state index in [2.05, 4.69) is 24.5 Å². The lowest BCUT2D eigenvalue weighted by molar-refractivity contribution is 0.0651. The van der Waals surface area contributed by atoms with Gasteiger partial charge in [0, 0.05) is 13.5 Å². The summed E-state index contributed by atoms with van der Waals surface area (Å²) in [6.45, 7) is 2.87. The van der Waals surface area contributed by atoms with Crippen LogP contribution in [0.2, 0.25) is 0 Å². The van der Waals surface area contributed by atoms with Crippen molar-refractivity contribution in [2.24, 2.45) is 5.84 Å². The summed E-state index contributed by atoms with van der Waals surface area (Å²) < 4.78 is 10.9. The van der Waals surface area contributed by atoms with Crippen molar-refractivity contribution in [2.45, 2.75) is 31.9 Å². The van der Waals surface area contributed by atoms with E-state index >= 15 is 0 Å². The Morgan fingerprint density at radius 2 is 2.35 bits per heavy atom. The fourth-order valence-electron chi connectivity index (χ4n) is 2.36. The lowest BCUT2D eigenvalue weighted by atomic mass is 9.97.